The maximum atomic E-state index is 13.3. The van der Waals surface area contributed by atoms with Crippen molar-refractivity contribution in [3.05, 3.63) is 58.7 Å². The minimum Gasteiger partial charge on any atom is -0.496 e. The van der Waals surface area contributed by atoms with E-state index in [-0.39, 0.29) is 24.1 Å². The van der Waals surface area contributed by atoms with E-state index in [1.807, 2.05) is 12.1 Å². The van der Waals surface area contributed by atoms with E-state index in [1.165, 1.54) is 0 Å². The van der Waals surface area contributed by atoms with Crippen molar-refractivity contribution in [2.75, 3.05) is 14.2 Å². The number of benzene rings is 2. The van der Waals surface area contributed by atoms with Gasteiger partial charge in [-0.2, -0.15) is 5.26 Å². The molecule has 0 saturated carbocycles. The quantitative estimate of drug-likeness (QED) is 0.166. The van der Waals surface area contributed by atoms with E-state index in [9.17, 15) is 9.59 Å². The molecule has 200 valence electrons. The van der Waals surface area contributed by atoms with Gasteiger partial charge in [-0.05, 0) is 48.6 Å². The van der Waals surface area contributed by atoms with E-state index in [0.29, 0.717) is 12.0 Å². The first-order valence-corrected chi connectivity index (χ1v) is 13.4. The second-order valence-corrected chi connectivity index (χ2v) is 9.88. The molecule has 38 heavy (non-hydrogen) atoms. The molecule has 3 atom stereocenters. The number of carbonyl (C=O) groups is 2. The average Bonchev–Trinajstić information content (AvgIpc) is 3.34. The lowest BCUT2D eigenvalue weighted by Crippen LogP contribution is -2.21. The molecule has 0 spiro atoms. The Hall–Kier alpha value is -3.77. The third-order valence-corrected chi connectivity index (χ3v) is 7.29. The molecule has 1 heterocycles. The number of ether oxygens (including phenoxy) is 3. The fourth-order valence-electron chi connectivity index (χ4n) is 5.31. The van der Waals surface area contributed by atoms with Gasteiger partial charge in [-0.1, -0.05) is 57.1 Å². The highest BCUT2D eigenvalue weighted by Gasteiger charge is 2.40. The number of esters is 1. The molecule has 1 unspecified atom stereocenters. The molecule has 0 radical (unpaired) electrons. The Bertz CT molecular complexity index is 1160. The standard InChI is InChI=1S/C32H37NO5/c1-5-10-23(11-8-7-9-12-26-29(36-3)18-22(6-2)19-30(26)37-4)17-28(34)27-20-31(35)38-32(27)25-15-13-24(21-33)14-16-25/h2,13-16,18-19,23,27,32H,5,7-12,17,20H2,1,3-4H3/t23?,27-,32-/m1/s1. The van der Waals surface area contributed by atoms with E-state index in [1.54, 1.807) is 38.5 Å². The largest absolute Gasteiger partial charge is 0.496 e. The lowest BCUT2D eigenvalue weighted by Gasteiger charge is -2.21. The zero-order valence-corrected chi connectivity index (χ0v) is 22.6. The summed E-state index contributed by atoms with van der Waals surface area (Å²) >= 11 is 0. The lowest BCUT2D eigenvalue weighted by atomic mass is 9.83. The number of terminal acetylenes is 1. The van der Waals surface area contributed by atoms with Crippen molar-refractivity contribution in [1.29, 1.82) is 5.26 Å². The van der Waals surface area contributed by atoms with Crippen LogP contribution in [0.3, 0.4) is 0 Å². The van der Waals surface area contributed by atoms with Crippen LogP contribution in [-0.2, 0) is 20.7 Å². The molecule has 0 amide bonds. The van der Waals surface area contributed by atoms with E-state index in [2.05, 4.69) is 18.9 Å². The smallest absolute Gasteiger partial charge is 0.307 e. The molecule has 2 aromatic carbocycles. The molecule has 0 aromatic heterocycles. The topological polar surface area (TPSA) is 85.6 Å². The molecule has 0 bridgehead atoms. The van der Waals surface area contributed by atoms with E-state index in [4.69, 9.17) is 25.9 Å². The number of carbonyl (C=O) groups excluding carboxylic acids is 2. The molecular weight excluding hydrogens is 478 g/mol. The molecule has 0 N–H and O–H groups in total. The first-order valence-electron chi connectivity index (χ1n) is 13.4. The Kier molecular flexibility index (Phi) is 10.8. The SMILES string of the molecule is C#Cc1cc(OC)c(CCCCCC(CCC)CC(=O)[C@H]2CC(=O)O[C@@H]2c2ccc(C#N)cc2)c(OC)c1. The average molecular weight is 516 g/mol. The zero-order chi connectivity index (χ0) is 27.5. The summed E-state index contributed by atoms with van der Waals surface area (Å²) in [7, 11) is 3.28. The fourth-order valence-corrected chi connectivity index (χ4v) is 5.31. The molecule has 0 aliphatic carbocycles. The normalized spacial score (nSPS) is 17.2. The predicted molar refractivity (Wildman–Crippen MR) is 146 cm³/mol. The van der Waals surface area contributed by atoms with Crippen LogP contribution in [0.25, 0.3) is 0 Å². The van der Waals surface area contributed by atoms with Gasteiger partial charge in [0.2, 0.25) is 0 Å². The molecule has 6 nitrogen and oxygen atoms in total. The highest BCUT2D eigenvalue weighted by molar-refractivity contribution is 5.88. The van der Waals surface area contributed by atoms with Gasteiger partial charge in [-0.3, -0.25) is 9.59 Å². The van der Waals surface area contributed by atoms with Crippen LogP contribution in [0.15, 0.2) is 36.4 Å². The Morgan fingerprint density at radius 3 is 2.34 bits per heavy atom. The molecule has 1 fully saturated rings. The van der Waals surface area contributed by atoms with Crippen LogP contribution in [0.5, 0.6) is 11.5 Å². The van der Waals surface area contributed by atoms with E-state index >= 15 is 0 Å². The summed E-state index contributed by atoms with van der Waals surface area (Å²) in [6.07, 6.45) is 12.3. The van der Waals surface area contributed by atoms with Crippen LogP contribution < -0.4 is 9.47 Å². The molecule has 1 aliphatic rings. The van der Waals surface area contributed by atoms with Crippen LogP contribution in [0.4, 0.5) is 0 Å². The summed E-state index contributed by atoms with van der Waals surface area (Å²) < 4.78 is 16.6. The number of ketones is 1. The minimum atomic E-state index is -0.573. The van der Waals surface area contributed by atoms with Gasteiger partial charge in [0.05, 0.1) is 38.2 Å². The predicted octanol–water partition coefficient (Wildman–Crippen LogP) is 6.34. The third-order valence-electron chi connectivity index (χ3n) is 7.29. The second-order valence-electron chi connectivity index (χ2n) is 9.88. The summed E-state index contributed by atoms with van der Waals surface area (Å²) in [5, 5.41) is 9.05. The first kappa shape index (κ1) is 28.8. The van der Waals surface area contributed by atoms with Crippen LogP contribution in [0.1, 0.15) is 86.6 Å². The third kappa shape index (κ3) is 7.39. The van der Waals surface area contributed by atoms with E-state index in [0.717, 1.165) is 73.1 Å². The highest BCUT2D eigenvalue weighted by atomic mass is 16.6. The summed E-state index contributed by atoms with van der Waals surface area (Å²) in [4.78, 5) is 25.4. The van der Waals surface area contributed by atoms with Crippen molar-refractivity contribution < 1.29 is 23.8 Å². The van der Waals surface area contributed by atoms with Gasteiger partial charge in [-0.25, -0.2) is 0 Å². The summed E-state index contributed by atoms with van der Waals surface area (Å²) in [5.41, 5.74) is 3.05. The Morgan fingerprint density at radius 1 is 1.08 bits per heavy atom. The molecule has 3 rings (SSSR count). The van der Waals surface area contributed by atoms with Crippen LogP contribution in [0, 0.1) is 35.5 Å². The number of rotatable bonds is 14. The molecular formula is C32H37NO5. The van der Waals surface area contributed by atoms with Crippen LogP contribution >= 0.6 is 0 Å². The number of hydrogen-bond donors (Lipinski definition) is 0. The summed E-state index contributed by atoms with van der Waals surface area (Å²) in [5.74, 6) is 3.69. The van der Waals surface area contributed by atoms with Gasteiger partial charge in [0.15, 0.2) is 0 Å². The monoisotopic (exact) mass is 515 g/mol. The molecule has 1 aliphatic heterocycles. The zero-order valence-electron chi connectivity index (χ0n) is 22.6. The highest BCUT2D eigenvalue weighted by Crippen LogP contribution is 2.38. The first-order chi connectivity index (χ1) is 18.4. The fraction of sp³-hybridized carbons (Fsp3) is 0.469. The van der Waals surface area contributed by atoms with Crippen molar-refractivity contribution in [3.8, 4) is 29.9 Å². The molecule has 2 aromatic rings. The molecule has 1 saturated heterocycles. The summed E-state index contributed by atoms with van der Waals surface area (Å²) in [6, 6.07) is 12.7. The lowest BCUT2D eigenvalue weighted by molar-refractivity contribution is -0.141. The van der Waals surface area contributed by atoms with Gasteiger partial charge >= 0.3 is 5.97 Å². The number of hydrogen-bond acceptors (Lipinski definition) is 6. The van der Waals surface area contributed by atoms with Crippen molar-refractivity contribution >= 4 is 11.8 Å². The number of Topliss-reactive ketones (excluding diaryl/α,β-unsaturated/α-hetero) is 1. The van der Waals surface area contributed by atoms with Crippen molar-refractivity contribution in [3.63, 3.8) is 0 Å². The maximum absolute atomic E-state index is 13.3. The summed E-state index contributed by atoms with van der Waals surface area (Å²) in [6.45, 7) is 2.14. The van der Waals surface area contributed by atoms with Crippen LogP contribution in [0.2, 0.25) is 0 Å². The van der Waals surface area contributed by atoms with Gasteiger partial charge in [0.1, 0.15) is 23.4 Å². The minimum absolute atomic E-state index is 0.0896. The van der Waals surface area contributed by atoms with Gasteiger partial charge in [-0.15, -0.1) is 6.42 Å². The van der Waals surface area contributed by atoms with E-state index < -0.39 is 12.0 Å². The van der Waals surface area contributed by atoms with Crippen molar-refractivity contribution in [2.24, 2.45) is 11.8 Å². The van der Waals surface area contributed by atoms with Gasteiger partial charge in [0, 0.05) is 17.5 Å². The van der Waals surface area contributed by atoms with Crippen molar-refractivity contribution in [2.45, 2.75) is 70.8 Å². The van der Waals surface area contributed by atoms with Crippen LogP contribution in [-0.4, -0.2) is 26.0 Å². The Balaban J connectivity index is 1.55. The van der Waals surface area contributed by atoms with Crippen molar-refractivity contribution in [1.82, 2.24) is 0 Å². The second kappa shape index (κ2) is 14.2. The number of methoxy groups -OCH3 is 2. The molecule has 6 heteroatoms. The van der Waals surface area contributed by atoms with Gasteiger partial charge in [0.25, 0.3) is 0 Å². The van der Waals surface area contributed by atoms with Gasteiger partial charge < -0.3 is 14.2 Å². The number of nitriles is 1. The Labute approximate surface area is 226 Å². The number of nitrogens with zero attached hydrogens (tertiary/aromatic N) is 1. The maximum Gasteiger partial charge on any atom is 0.307 e. The Morgan fingerprint density at radius 2 is 1.76 bits per heavy atom. The number of cyclic esters (lactones) is 1. The number of unbranched alkanes of at least 4 members (excludes halogenated alkanes) is 2.